The summed E-state index contributed by atoms with van der Waals surface area (Å²) in [6.45, 7) is 3.61. The molecule has 0 radical (unpaired) electrons. The molecule has 1 unspecified atom stereocenters. The highest BCUT2D eigenvalue weighted by molar-refractivity contribution is 9.11. The molecule has 1 aromatic rings. The largest absolute Gasteiger partial charge is 0.356 e. The number of carbonyl (C=O) groups excluding carboxylic acids is 1. The third-order valence-corrected chi connectivity index (χ3v) is 6.34. The quantitative estimate of drug-likeness (QED) is 0.606. The summed E-state index contributed by atoms with van der Waals surface area (Å²) in [4.78, 5) is 19.7. The number of guanidine groups is 1. The molecule has 2 aliphatic heterocycles. The molecule has 126 valence electrons. The summed E-state index contributed by atoms with van der Waals surface area (Å²) in [5.74, 6) is 1.15. The lowest BCUT2D eigenvalue weighted by Crippen LogP contribution is -2.51. The number of halogens is 1. The Kier molecular flexibility index (Phi) is 5.26. The van der Waals surface area contributed by atoms with E-state index in [-0.39, 0.29) is 11.3 Å². The zero-order valence-corrected chi connectivity index (χ0v) is 15.8. The van der Waals surface area contributed by atoms with Crippen molar-refractivity contribution in [1.82, 2.24) is 15.5 Å². The van der Waals surface area contributed by atoms with Gasteiger partial charge in [0.05, 0.1) is 3.79 Å². The first kappa shape index (κ1) is 16.8. The third kappa shape index (κ3) is 4.07. The van der Waals surface area contributed by atoms with E-state index in [9.17, 15) is 4.79 Å². The molecule has 2 fully saturated rings. The van der Waals surface area contributed by atoms with Gasteiger partial charge in [0.1, 0.15) is 0 Å². The van der Waals surface area contributed by atoms with Crippen LogP contribution >= 0.6 is 27.3 Å². The zero-order valence-electron chi connectivity index (χ0n) is 13.4. The summed E-state index contributed by atoms with van der Waals surface area (Å²) in [6, 6.07) is 4.25. The smallest absolute Gasteiger partial charge is 0.220 e. The van der Waals surface area contributed by atoms with Gasteiger partial charge in [-0.25, -0.2) is 0 Å². The Bertz CT molecular complexity index is 603. The van der Waals surface area contributed by atoms with Crippen LogP contribution < -0.4 is 10.6 Å². The molecule has 3 rings (SSSR count). The van der Waals surface area contributed by atoms with E-state index in [1.165, 1.54) is 8.66 Å². The van der Waals surface area contributed by atoms with Crippen LogP contribution in [0.2, 0.25) is 0 Å². The molecular weight excluding hydrogens is 376 g/mol. The van der Waals surface area contributed by atoms with Crippen LogP contribution in [-0.2, 0) is 11.2 Å². The number of rotatable bonds is 3. The molecule has 1 spiro atoms. The lowest BCUT2D eigenvalue weighted by Gasteiger charge is -2.40. The maximum absolute atomic E-state index is 11.6. The summed E-state index contributed by atoms with van der Waals surface area (Å²) in [7, 11) is 1.84. The van der Waals surface area contributed by atoms with Crippen LogP contribution in [0.15, 0.2) is 20.9 Å². The van der Waals surface area contributed by atoms with Gasteiger partial charge >= 0.3 is 0 Å². The molecule has 0 bridgehead atoms. The Morgan fingerprint density at radius 2 is 2.43 bits per heavy atom. The molecular formula is C16H23BrN4OS. The summed E-state index contributed by atoms with van der Waals surface area (Å²) >= 11 is 5.28. The van der Waals surface area contributed by atoms with Crippen LogP contribution in [0, 0.1) is 5.41 Å². The number of likely N-dealkylation sites (tertiary alicyclic amines) is 1. The van der Waals surface area contributed by atoms with Gasteiger partial charge in [-0.1, -0.05) is 0 Å². The van der Waals surface area contributed by atoms with Gasteiger partial charge in [0.2, 0.25) is 5.91 Å². The Labute approximate surface area is 149 Å². The van der Waals surface area contributed by atoms with Crippen LogP contribution in [0.3, 0.4) is 0 Å². The van der Waals surface area contributed by atoms with Crippen molar-refractivity contribution in [3.8, 4) is 0 Å². The van der Waals surface area contributed by atoms with Gasteiger partial charge in [-0.3, -0.25) is 9.79 Å². The summed E-state index contributed by atoms with van der Waals surface area (Å²) < 4.78 is 1.17. The highest BCUT2D eigenvalue weighted by Crippen LogP contribution is 2.35. The first-order chi connectivity index (χ1) is 11.1. The normalized spacial score (nSPS) is 25.0. The standard InChI is InChI=1S/C16H23BrN4OS/c1-18-15(19-7-5-12-3-4-13(17)23-12)21-8-2-6-16(11-21)9-14(22)20-10-16/h3-4H,2,5-11H2,1H3,(H,18,19)(H,20,22). The SMILES string of the molecule is CN=C(NCCc1ccc(Br)s1)N1CCCC2(CNC(=O)C2)C1. The van der Waals surface area contributed by atoms with Gasteiger partial charge < -0.3 is 15.5 Å². The van der Waals surface area contributed by atoms with Crippen molar-refractivity contribution in [2.75, 3.05) is 33.2 Å². The fraction of sp³-hybridized carbons (Fsp3) is 0.625. The number of nitrogens with zero attached hydrogens (tertiary/aromatic N) is 2. The number of nitrogens with one attached hydrogen (secondary N) is 2. The second kappa shape index (κ2) is 7.21. The van der Waals surface area contributed by atoms with Crippen molar-refractivity contribution < 1.29 is 4.79 Å². The average molecular weight is 399 g/mol. The van der Waals surface area contributed by atoms with Gasteiger partial charge in [-0.2, -0.15) is 0 Å². The van der Waals surface area contributed by atoms with Crippen molar-refractivity contribution in [3.05, 3.63) is 20.8 Å². The van der Waals surface area contributed by atoms with Crippen molar-refractivity contribution in [2.24, 2.45) is 10.4 Å². The summed E-state index contributed by atoms with van der Waals surface area (Å²) in [6.07, 6.45) is 3.90. The molecule has 0 saturated carbocycles. The van der Waals surface area contributed by atoms with E-state index in [0.29, 0.717) is 6.42 Å². The van der Waals surface area contributed by atoms with E-state index in [1.807, 2.05) is 7.05 Å². The number of thiophene rings is 1. The van der Waals surface area contributed by atoms with E-state index >= 15 is 0 Å². The number of carbonyl (C=O) groups is 1. The fourth-order valence-electron chi connectivity index (χ4n) is 3.54. The lowest BCUT2D eigenvalue weighted by atomic mass is 9.79. The van der Waals surface area contributed by atoms with E-state index in [4.69, 9.17) is 0 Å². The van der Waals surface area contributed by atoms with Gasteiger partial charge in [0, 0.05) is 49.9 Å². The first-order valence-corrected chi connectivity index (χ1v) is 9.68. The minimum Gasteiger partial charge on any atom is -0.356 e. The maximum atomic E-state index is 11.6. The summed E-state index contributed by atoms with van der Waals surface area (Å²) in [5.41, 5.74) is 0.103. The number of amides is 1. The van der Waals surface area contributed by atoms with Gasteiger partial charge in [-0.15, -0.1) is 11.3 Å². The molecule has 0 aromatic carbocycles. The number of piperidine rings is 1. The number of aliphatic imine (C=N–C) groups is 1. The second-order valence-corrected chi connectivity index (χ2v) is 8.96. The average Bonchev–Trinajstić information content (AvgIpc) is 3.10. The highest BCUT2D eigenvalue weighted by Gasteiger charge is 2.42. The Morgan fingerprint density at radius 3 is 3.09 bits per heavy atom. The molecule has 1 atom stereocenters. The van der Waals surface area contributed by atoms with Crippen LogP contribution in [0.25, 0.3) is 0 Å². The second-order valence-electron chi connectivity index (χ2n) is 6.41. The topological polar surface area (TPSA) is 56.7 Å². The van der Waals surface area contributed by atoms with E-state index in [2.05, 4.69) is 48.6 Å². The number of hydrogen-bond donors (Lipinski definition) is 2. The van der Waals surface area contributed by atoms with Gasteiger partial charge in [-0.05, 0) is 47.3 Å². The fourth-order valence-corrected chi connectivity index (χ4v) is 5.03. The monoisotopic (exact) mass is 398 g/mol. The summed E-state index contributed by atoms with van der Waals surface area (Å²) in [5, 5.41) is 6.47. The Balaban J connectivity index is 1.54. The lowest BCUT2D eigenvalue weighted by molar-refractivity contribution is -0.119. The van der Waals surface area contributed by atoms with Crippen LogP contribution in [-0.4, -0.2) is 50.0 Å². The van der Waals surface area contributed by atoms with Crippen molar-refractivity contribution in [3.63, 3.8) is 0 Å². The van der Waals surface area contributed by atoms with E-state index in [0.717, 1.165) is 51.4 Å². The van der Waals surface area contributed by atoms with Crippen molar-refractivity contribution in [2.45, 2.75) is 25.7 Å². The van der Waals surface area contributed by atoms with E-state index < -0.39 is 0 Å². The van der Waals surface area contributed by atoms with Crippen molar-refractivity contribution in [1.29, 1.82) is 0 Å². The first-order valence-electron chi connectivity index (χ1n) is 8.07. The molecule has 7 heteroatoms. The van der Waals surface area contributed by atoms with Crippen LogP contribution in [0.5, 0.6) is 0 Å². The van der Waals surface area contributed by atoms with Crippen LogP contribution in [0.1, 0.15) is 24.1 Å². The number of hydrogen-bond acceptors (Lipinski definition) is 3. The Hall–Kier alpha value is -1.08. The van der Waals surface area contributed by atoms with E-state index in [1.54, 1.807) is 11.3 Å². The molecule has 2 saturated heterocycles. The van der Waals surface area contributed by atoms with Crippen molar-refractivity contribution >= 4 is 39.1 Å². The predicted molar refractivity (Wildman–Crippen MR) is 98.0 cm³/mol. The molecule has 1 aromatic heterocycles. The minimum atomic E-state index is 0.103. The molecule has 5 nitrogen and oxygen atoms in total. The van der Waals surface area contributed by atoms with Crippen LogP contribution in [0.4, 0.5) is 0 Å². The van der Waals surface area contributed by atoms with Gasteiger partial charge in [0.15, 0.2) is 5.96 Å². The molecule has 0 aliphatic carbocycles. The maximum Gasteiger partial charge on any atom is 0.220 e. The molecule has 2 N–H and O–H groups in total. The molecule has 3 heterocycles. The molecule has 2 aliphatic rings. The minimum absolute atomic E-state index is 0.103. The highest BCUT2D eigenvalue weighted by atomic mass is 79.9. The molecule has 1 amide bonds. The Morgan fingerprint density at radius 1 is 1.57 bits per heavy atom. The predicted octanol–water partition coefficient (Wildman–Crippen LogP) is 2.23. The van der Waals surface area contributed by atoms with Gasteiger partial charge in [0.25, 0.3) is 0 Å². The zero-order chi connectivity index (χ0) is 16.3. The molecule has 23 heavy (non-hydrogen) atoms. The third-order valence-electron chi connectivity index (χ3n) is 4.65.